The van der Waals surface area contributed by atoms with Gasteiger partial charge in [-0.2, -0.15) is 5.10 Å². The molecule has 0 bridgehead atoms. The van der Waals surface area contributed by atoms with Crippen molar-refractivity contribution in [3.63, 3.8) is 0 Å². The highest BCUT2D eigenvalue weighted by Gasteiger charge is 2.25. The normalized spacial score (nSPS) is 13.6. The van der Waals surface area contributed by atoms with Crippen LogP contribution in [0.2, 0.25) is 0 Å². The van der Waals surface area contributed by atoms with Crippen LogP contribution in [0.3, 0.4) is 0 Å². The molecule has 0 spiro atoms. The zero-order valence-corrected chi connectivity index (χ0v) is 18.0. The van der Waals surface area contributed by atoms with Crippen LogP contribution in [0.4, 0.5) is 0 Å². The number of hydrazone groups is 1. The number of aliphatic carboxylic acids is 1. The number of nitrogens with one attached hydrogen (secondary N) is 1. The summed E-state index contributed by atoms with van der Waals surface area (Å²) < 4.78 is 10.1. The predicted octanol–water partition coefficient (Wildman–Crippen LogP) is 0.392. The molecule has 5 N–H and O–H groups in total. The van der Waals surface area contributed by atoms with Gasteiger partial charge < -0.3 is 29.6 Å². The first-order valence-electron chi connectivity index (χ1n) is 9.17. The second-order valence-corrected chi connectivity index (χ2v) is 6.66. The Morgan fingerprint density at radius 1 is 1.18 bits per heavy atom. The molecule has 0 aliphatic carbocycles. The van der Waals surface area contributed by atoms with Crippen molar-refractivity contribution in [2.75, 3.05) is 0 Å². The molecule has 13 nitrogen and oxygen atoms in total. The maximum Gasteiger partial charge on any atom is 0.350 e. The number of carbonyl (C=O) groups excluding carboxylic acids is 3. The van der Waals surface area contributed by atoms with E-state index in [1.54, 1.807) is 0 Å². The molecule has 1 unspecified atom stereocenters. The second-order valence-electron chi connectivity index (χ2n) is 6.66. The highest BCUT2D eigenvalue weighted by atomic mass is 16.5. The van der Waals surface area contributed by atoms with E-state index in [4.69, 9.17) is 14.3 Å². The molecule has 1 amide bonds. The van der Waals surface area contributed by atoms with Gasteiger partial charge >= 0.3 is 17.6 Å². The Morgan fingerprint density at radius 2 is 1.79 bits per heavy atom. The second kappa shape index (κ2) is 11.4. The molecule has 1 aromatic rings. The van der Waals surface area contributed by atoms with Crippen LogP contribution in [0.5, 0.6) is 5.75 Å². The molecule has 13 heteroatoms. The Hall–Kier alpha value is -4.26. The van der Waals surface area contributed by atoms with Crippen LogP contribution >= 0.6 is 0 Å². The molecule has 0 aliphatic rings. The lowest BCUT2D eigenvalue weighted by Gasteiger charge is -2.12. The Labute approximate surface area is 186 Å². The van der Waals surface area contributed by atoms with Crippen molar-refractivity contribution in [3.05, 3.63) is 51.0 Å². The summed E-state index contributed by atoms with van der Waals surface area (Å²) in [6.45, 7) is 4.75. The average molecular weight is 466 g/mol. The minimum Gasteiger partial charge on any atom is -0.512 e. The monoisotopic (exact) mass is 466 g/mol. The van der Waals surface area contributed by atoms with Crippen molar-refractivity contribution < 1.29 is 48.8 Å². The van der Waals surface area contributed by atoms with Gasteiger partial charge in [-0.15, -0.1) is 0 Å². The van der Waals surface area contributed by atoms with Gasteiger partial charge in [-0.25, -0.2) is 19.8 Å². The molecule has 0 aromatic carbocycles. The molecule has 1 atom stereocenters. The summed E-state index contributed by atoms with van der Waals surface area (Å²) in [4.78, 5) is 58.4. The molecule has 1 heterocycles. The summed E-state index contributed by atoms with van der Waals surface area (Å²) in [6.07, 6.45) is -2.11. The highest BCUT2D eigenvalue weighted by molar-refractivity contribution is 6.03. The van der Waals surface area contributed by atoms with Gasteiger partial charge in [0.1, 0.15) is 28.4 Å². The molecule has 0 aliphatic heterocycles. The molecule has 33 heavy (non-hydrogen) atoms. The molecule has 0 saturated heterocycles. The van der Waals surface area contributed by atoms with Gasteiger partial charge in [-0.05, 0) is 27.7 Å². The van der Waals surface area contributed by atoms with Crippen molar-refractivity contribution in [1.82, 2.24) is 5.43 Å². The maximum atomic E-state index is 12.5. The van der Waals surface area contributed by atoms with Gasteiger partial charge in [0.2, 0.25) is 5.91 Å². The Morgan fingerprint density at radius 3 is 2.30 bits per heavy atom. The number of allylic oxidation sites excluding steroid dienone is 2. The van der Waals surface area contributed by atoms with E-state index in [2.05, 4.69) is 5.10 Å². The first-order valence-corrected chi connectivity index (χ1v) is 9.17. The molecular weight excluding hydrogens is 444 g/mol. The molecule has 1 rings (SSSR count). The first-order chi connectivity index (χ1) is 15.2. The zero-order chi connectivity index (χ0) is 25.5. The Balaban J connectivity index is 3.33. The van der Waals surface area contributed by atoms with Gasteiger partial charge in [0, 0.05) is 12.1 Å². The third kappa shape index (κ3) is 7.74. The zero-order valence-electron chi connectivity index (χ0n) is 18.0. The molecule has 0 saturated carbocycles. The van der Waals surface area contributed by atoms with Crippen LogP contribution in [0, 0.1) is 6.92 Å². The SMILES string of the molecule is CC(=O)C=C(O)/C(C(=O)Oc1cc(C)oc(=O)c1/C(C)=N/NC(=O)CC(O)C(=O)O)=C(\C)O. The van der Waals surface area contributed by atoms with E-state index < -0.39 is 70.2 Å². The number of ketones is 1. The number of nitrogens with zero attached hydrogens (tertiary/aromatic N) is 1. The molecule has 0 fully saturated rings. The predicted molar refractivity (Wildman–Crippen MR) is 111 cm³/mol. The number of aliphatic hydroxyl groups excluding tert-OH is 3. The number of amides is 1. The minimum atomic E-state index is -1.97. The number of carbonyl (C=O) groups is 4. The van der Waals surface area contributed by atoms with E-state index in [9.17, 15) is 39.3 Å². The number of aryl methyl sites for hydroxylation is 1. The van der Waals surface area contributed by atoms with E-state index in [1.807, 2.05) is 5.43 Å². The molecule has 178 valence electrons. The van der Waals surface area contributed by atoms with Crippen molar-refractivity contribution in [1.29, 1.82) is 0 Å². The summed E-state index contributed by atoms with van der Waals surface area (Å²) in [5, 5.41) is 41.1. The lowest BCUT2D eigenvalue weighted by Crippen LogP contribution is -2.29. The van der Waals surface area contributed by atoms with Crippen LogP contribution in [0.15, 0.2) is 43.5 Å². The van der Waals surface area contributed by atoms with Gasteiger partial charge in [-0.1, -0.05) is 0 Å². The van der Waals surface area contributed by atoms with Crippen LogP contribution in [-0.2, 0) is 19.2 Å². The fourth-order valence-corrected chi connectivity index (χ4v) is 2.35. The summed E-state index contributed by atoms with van der Waals surface area (Å²) in [5.74, 6) is -6.49. The lowest BCUT2D eigenvalue weighted by molar-refractivity contribution is -0.149. The summed E-state index contributed by atoms with van der Waals surface area (Å²) in [6, 6.07) is 1.12. The minimum absolute atomic E-state index is 0.0164. The van der Waals surface area contributed by atoms with Gasteiger partial charge in [0.25, 0.3) is 0 Å². The standard InChI is InChI=1S/C20H22N2O11/c1-8(23)5-12(25)17(11(4)24)20(31)33-14-6-9(2)32-19(30)16(14)10(3)21-22-15(27)7-13(26)18(28)29/h5-6,13,24-26H,7H2,1-4H3,(H,22,27)(H,28,29)/b12-5?,17-11-,21-10+. The van der Waals surface area contributed by atoms with E-state index in [0.717, 1.165) is 19.9 Å². The van der Waals surface area contributed by atoms with E-state index in [1.165, 1.54) is 13.8 Å². The summed E-state index contributed by atoms with van der Waals surface area (Å²) >= 11 is 0. The first kappa shape index (κ1) is 26.8. The van der Waals surface area contributed by atoms with Gasteiger partial charge in [0.15, 0.2) is 17.6 Å². The summed E-state index contributed by atoms with van der Waals surface area (Å²) in [5.41, 5.74) is -0.465. The number of hydrogen-bond donors (Lipinski definition) is 5. The fourth-order valence-electron chi connectivity index (χ4n) is 2.35. The van der Waals surface area contributed by atoms with Crippen molar-refractivity contribution >= 4 is 29.3 Å². The fraction of sp³-hybridized carbons (Fsp3) is 0.300. The van der Waals surface area contributed by atoms with Gasteiger partial charge in [-0.3, -0.25) is 9.59 Å². The van der Waals surface area contributed by atoms with Gasteiger partial charge in [0.05, 0.1) is 12.1 Å². The largest absolute Gasteiger partial charge is 0.512 e. The van der Waals surface area contributed by atoms with Crippen molar-refractivity contribution in [2.24, 2.45) is 5.10 Å². The number of rotatable bonds is 9. The third-order valence-electron chi connectivity index (χ3n) is 3.78. The van der Waals surface area contributed by atoms with Crippen LogP contribution in [-0.4, -0.2) is 55.9 Å². The number of carboxylic acids is 1. The van der Waals surface area contributed by atoms with Crippen molar-refractivity contribution in [3.8, 4) is 5.75 Å². The molecular formula is C20H22N2O11. The van der Waals surface area contributed by atoms with Crippen LogP contribution < -0.4 is 15.8 Å². The summed E-state index contributed by atoms with van der Waals surface area (Å²) in [7, 11) is 0. The smallest absolute Gasteiger partial charge is 0.350 e. The molecule has 0 radical (unpaired) electrons. The van der Waals surface area contributed by atoms with E-state index >= 15 is 0 Å². The lowest BCUT2D eigenvalue weighted by atomic mass is 10.1. The average Bonchev–Trinajstić information content (AvgIpc) is 2.64. The van der Waals surface area contributed by atoms with E-state index in [-0.39, 0.29) is 11.5 Å². The Bertz CT molecular complexity index is 1120. The van der Waals surface area contributed by atoms with Crippen molar-refractivity contribution in [2.45, 2.75) is 40.2 Å². The van der Waals surface area contributed by atoms with Crippen LogP contribution in [0.1, 0.15) is 38.5 Å². The number of esters is 1. The quantitative estimate of drug-likeness (QED) is 0.0838. The number of carboxylic acid groups (broad SMARTS) is 1. The van der Waals surface area contributed by atoms with E-state index in [0.29, 0.717) is 6.08 Å². The number of hydrogen-bond acceptors (Lipinski definition) is 11. The highest BCUT2D eigenvalue weighted by Crippen LogP contribution is 2.21. The number of ether oxygens (including phenoxy) is 1. The Kier molecular flexibility index (Phi) is 9.24. The molecule has 1 aromatic heterocycles. The van der Waals surface area contributed by atoms with Crippen LogP contribution in [0.25, 0.3) is 0 Å². The topological polar surface area (TPSA) is 213 Å². The third-order valence-corrected chi connectivity index (χ3v) is 3.78. The maximum absolute atomic E-state index is 12.5. The number of aliphatic hydroxyl groups is 3.